The van der Waals surface area contributed by atoms with Gasteiger partial charge in [0.2, 0.25) is 0 Å². The number of amides is 1. The van der Waals surface area contributed by atoms with E-state index in [2.05, 4.69) is 0 Å². The molecule has 1 aliphatic heterocycles. The minimum Gasteiger partial charge on any atom is -0.508 e. The van der Waals surface area contributed by atoms with Crippen molar-refractivity contribution in [2.24, 2.45) is 0 Å². The summed E-state index contributed by atoms with van der Waals surface area (Å²) in [6, 6.07) is 15.1. The highest BCUT2D eigenvalue weighted by Gasteiger charge is 2.35. The quantitative estimate of drug-likeness (QED) is 0.864. The number of esters is 1. The van der Waals surface area contributed by atoms with Crippen LogP contribution >= 0.6 is 0 Å². The average molecular weight is 336 g/mol. The van der Waals surface area contributed by atoms with Gasteiger partial charge in [-0.3, -0.25) is 9.59 Å². The van der Waals surface area contributed by atoms with Gasteiger partial charge in [-0.15, -0.1) is 0 Å². The van der Waals surface area contributed by atoms with E-state index >= 15 is 0 Å². The van der Waals surface area contributed by atoms with Gasteiger partial charge in [-0.25, -0.2) is 0 Å². The lowest BCUT2D eigenvalue weighted by Gasteiger charge is -2.17. The fourth-order valence-corrected chi connectivity index (χ4v) is 2.77. The standard InChI is InChI=1S/C19H16N2O4/c20-12-13-4-6-15(7-5-13)21-9-8-17(19(21)24)25-18(23)11-14-2-1-3-16(22)10-14/h1-7,10,17,22H,8-9,11H2. The first-order valence-corrected chi connectivity index (χ1v) is 7.86. The molecule has 1 atom stereocenters. The van der Waals surface area contributed by atoms with Gasteiger partial charge < -0.3 is 14.7 Å². The molecule has 1 saturated heterocycles. The second-order valence-corrected chi connectivity index (χ2v) is 5.76. The Hall–Kier alpha value is -3.33. The van der Waals surface area contributed by atoms with E-state index in [9.17, 15) is 14.7 Å². The summed E-state index contributed by atoms with van der Waals surface area (Å²) < 4.78 is 5.30. The molecule has 1 fully saturated rings. The number of nitrogens with zero attached hydrogens (tertiary/aromatic N) is 2. The Morgan fingerprint density at radius 1 is 1.28 bits per heavy atom. The molecular weight excluding hydrogens is 320 g/mol. The number of hydrogen-bond acceptors (Lipinski definition) is 5. The van der Waals surface area contributed by atoms with Crippen LogP contribution in [-0.2, 0) is 20.7 Å². The fraction of sp³-hybridized carbons (Fsp3) is 0.211. The number of ether oxygens (including phenoxy) is 1. The van der Waals surface area contributed by atoms with Crippen molar-refractivity contribution in [1.82, 2.24) is 0 Å². The molecule has 0 radical (unpaired) electrons. The predicted molar refractivity (Wildman–Crippen MR) is 89.8 cm³/mol. The molecule has 0 bridgehead atoms. The zero-order valence-corrected chi connectivity index (χ0v) is 13.4. The van der Waals surface area contributed by atoms with E-state index in [1.807, 2.05) is 6.07 Å². The van der Waals surface area contributed by atoms with Crippen LogP contribution < -0.4 is 4.90 Å². The van der Waals surface area contributed by atoms with Crippen molar-refractivity contribution in [2.75, 3.05) is 11.4 Å². The Morgan fingerprint density at radius 2 is 2.04 bits per heavy atom. The molecule has 0 spiro atoms. The monoisotopic (exact) mass is 336 g/mol. The molecule has 1 unspecified atom stereocenters. The van der Waals surface area contributed by atoms with E-state index in [0.717, 1.165) is 0 Å². The van der Waals surface area contributed by atoms with Gasteiger partial charge in [-0.1, -0.05) is 12.1 Å². The van der Waals surface area contributed by atoms with Gasteiger partial charge in [0.05, 0.1) is 18.1 Å². The van der Waals surface area contributed by atoms with Gasteiger partial charge in [0, 0.05) is 18.7 Å². The van der Waals surface area contributed by atoms with Crippen LogP contribution in [0.4, 0.5) is 5.69 Å². The molecule has 0 aromatic heterocycles. The van der Waals surface area contributed by atoms with Crippen molar-refractivity contribution in [2.45, 2.75) is 18.9 Å². The summed E-state index contributed by atoms with van der Waals surface area (Å²) in [5.74, 6) is -0.700. The van der Waals surface area contributed by atoms with E-state index in [4.69, 9.17) is 10.00 Å². The number of rotatable bonds is 4. The Kier molecular flexibility index (Phi) is 4.66. The Bertz CT molecular complexity index is 839. The van der Waals surface area contributed by atoms with Crippen molar-refractivity contribution >= 4 is 17.6 Å². The molecule has 1 heterocycles. The van der Waals surface area contributed by atoms with Crippen LogP contribution in [0.15, 0.2) is 48.5 Å². The van der Waals surface area contributed by atoms with Crippen LogP contribution in [-0.4, -0.2) is 29.6 Å². The molecular formula is C19H16N2O4. The Morgan fingerprint density at radius 3 is 2.72 bits per heavy atom. The highest BCUT2D eigenvalue weighted by atomic mass is 16.5. The Labute approximate surface area is 144 Å². The maximum atomic E-state index is 12.4. The first-order chi connectivity index (χ1) is 12.1. The van der Waals surface area contributed by atoms with Crippen LogP contribution in [0.2, 0.25) is 0 Å². The molecule has 3 rings (SSSR count). The zero-order chi connectivity index (χ0) is 17.8. The zero-order valence-electron chi connectivity index (χ0n) is 13.4. The first-order valence-electron chi connectivity index (χ1n) is 7.86. The molecule has 1 amide bonds. The molecule has 1 N–H and O–H groups in total. The molecule has 6 heteroatoms. The smallest absolute Gasteiger partial charge is 0.311 e. The third kappa shape index (κ3) is 3.78. The minimum atomic E-state index is -0.805. The first kappa shape index (κ1) is 16.5. The second-order valence-electron chi connectivity index (χ2n) is 5.76. The number of carbonyl (C=O) groups excluding carboxylic acids is 2. The van der Waals surface area contributed by atoms with Gasteiger partial charge in [0.25, 0.3) is 5.91 Å². The molecule has 25 heavy (non-hydrogen) atoms. The summed E-state index contributed by atoms with van der Waals surface area (Å²) in [5, 5.41) is 18.2. The molecule has 2 aromatic carbocycles. The van der Waals surface area contributed by atoms with Gasteiger partial charge in [-0.05, 0) is 42.0 Å². The maximum absolute atomic E-state index is 12.4. The SMILES string of the molecule is N#Cc1ccc(N2CCC(OC(=O)Cc3cccc(O)c3)C2=O)cc1. The van der Waals surface area contributed by atoms with Crippen molar-refractivity contribution < 1.29 is 19.4 Å². The van der Waals surface area contributed by atoms with E-state index in [1.54, 1.807) is 41.3 Å². The number of benzene rings is 2. The van der Waals surface area contributed by atoms with E-state index in [1.165, 1.54) is 12.1 Å². The highest BCUT2D eigenvalue weighted by Crippen LogP contribution is 2.24. The summed E-state index contributed by atoms with van der Waals surface area (Å²) in [5.41, 5.74) is 1.82. The summed E-state index contributed by atoms with van der Waals surface area (Å²) in [6.07, 6.45) is -0.389. The number of carbonyl (C=O) groups is 2. The van der Waals surface area contributed by atoms with E-state index < -0.39 is 12.1 Å². The molecule has 0 aliphatic carbocycles. The van der Waals surface area contributed by atoms with Gasteiger partial charge in [0.15, 0.2) is 6.10 Å². The summed E-state index contributed by atoms with van der Waals surface area (Å²) >= 11 is 0. The number of anilines is 1. The molecule has 2 aromatic rings. The average Bonchev–Trinajstić information content (AvgIpc) is 2.95. The summed E-state index contributed by atoms with van der Waals surface area (Å²) in [4.78, 5) is 26.0. The lowest BCUT2D eigenvalue weighted by molar-refractivity contribution is -0.152. The van der Waals surface area contributed by atoms with E-state index in [-0.39, 0.29) is 18.1 Å². The second kappa shape index (κ2) is 7.05. The molecule has 0 saturated carbocycles. The summed E-state index contributed by atoms with van der Waals surface area (Å²) in [7, 11) is 0. The number of aromatic hydroxyl groups is 1. The van der Waals surface area contributed by atoms with Gasteiger partial charge in [0.1, 0.15) is 5.75 Å². The summed E-state index contributed by atoms with van der Waals surface area (Å²) in [6.45, 7) is 0.453. The maximum Gasteiger partial charge on any atom is 0.311 e. The molecule has 6 nitrogen and oxygen atoms in total. The van der Waals surface area contributed by atoms with Crippen molar-refractivity contribution in [3.05, 3.63) is 59.7 Å². The highest BCUT2D eigenvalue weighted by molar-refractivity contribution is 5.99. The van der Waals surface area contributed by atoms with Crippen LogP contribution in [0.25, 0.3) is 0 Å². The topological polar surface area (TPSA) is 90.6 Å². The van der Waals surface area contributed by atoms with Crippen LogP contribution in [0, 0.1) is 11.3 Å². The fourth-order valence-electron chi connectivity index (χ4n) is 2.77. The Balaban J connectivity index is 1.61. The van der Waals surface area contributed by atoms with E-state index in [0.29, 0.717) is 29.8 Å². The van der Waals surface area contributed by atoms with Crippen LogP contribution in [0.5, 0.6) is 5.75 Å². The van der Waals surface area contributed by atoms with Crippen molar-refractivity contribution in [1.29, 1.82) is 5.26 Å². The lowest BCUT2D eigenvalue weighted by atomic mass is 10.1. The molecule has 126 valence electrons. The van der Waals surface area contributed by atoms with Crippen LogP contribution in [0.3, 0.4) is 0 Å². The normalized spacial score (nSPS) is 16.5. The largest absolute Gasteiger partial charge is 0.508 e. The minimum absolute atomic E-state index is 0.00491. The number of phenolic OH excluding ortho intramolecular Hbond substituents is 1. The number of phenols is 1. The van der Waals surface area contributed by atoms with Gasteiger partial charge in [-0.2, -0.15) is 5.26 Å². The lowest BCUT2D eigenvalue weighted by Crippen LogP contribution is -2.32. The third-order valence-corrected chi connectivity index (χ3v) is 4.00. The number of hydrogen-bond donors (Lipinski definition) is 1. The number of nitriles is 1. The van der Waals surface area contributed by atoms with Crippen molar-refractivity contribution in [3.63, 3.8) is 0 Å². The van der Waals surface area contributed by atoms with Gasteiger partial charge >= 0.3 is 5.97 Å². The third-order valence-electron chi connectivity index (χ3n) is 4.00. The predicted octanol–water partition coefficient (Wildman–Crippen LogP) is 2.16. The van der Waals surface area contributed by atoms with Crippen LogP contribution in [0.1, 0.15) is 17.5 Å². The van der Waals surface area contributed by atoms with Crippen molar-refractivity contribution in [3.8, 4) is 11.8 Å². The molecule has 1 aliphatic rings.